The van der Waals surface area contributed by atoms with Crippen LogP contribution in [-0.4, -0.2) is 43.3 Å². The van der Waals surface area contributed by atoms with Crippen LogP contribution in [0.15, 0.2) is 10.3 Å². The number of likely N-dealkylation sites (N-methyl/N-ethyl adjacent to an activating group) is 1. The van der Waals surface area contributed by atoms with E-state index in [-0.39, 0.29) is 20.3 Å². The van der Waals surface area contributed by atoms with Gasteiger partial charge in [-0.3, -0.25) is 10.1 Å². The third-order valence-corrected chi connectivity index (χ3v) is 6.97. The third kappa shape index (κ3) is 2.82. The first kappa shape index (κ1) is 15.6. The smallest absolute Gasteiger partial charge is 0.300 e. The fourth-order valence-corrected chi connectivity index (χ4v) is 5.67. The Labute approximate surface area is 125 Å². The van der Waals surface area contributed by atoms with Gasteiger partial charge in [0.15, 0.2) is 4.34 Å². The third-order valence-electron chi connectivity index (χ3n) is 3.16. The molecule has 1 atom stereocenters. The van der Waals surface area contributed by atoms with Crippen molar-refractivity contribution < 1.29 is 13.3 Å². The first-order chi connectivity index (χ1) is 9.37. The average Bonchev–Trinajstić information content (AvgIpc) is 2.99. The topological polar surface area (TPSA) is 92.6 Å². The maximum absolute atomic E-state index is 12.6. The zero-order chi connectivity index (χ0) is 14.9. The van der Waals surface area contributed by atoms with Crippen molar-refractivity contribution in [1.82, 2.24) is 9.62 Å². The van der Waals surface area contributed by atoms with Crippen LogP contribution in [0, 0.1) is 10.1 Å². The lowest BCUT2D eigenvalue weighted by Crippen LogP contribution is -2.41. The van der Waals surface area contributed by atoms with Gasteiger partial charge >= 0.3 is 0 Å². The van der Waals surface area contributed by atoms with Gasteiger partial charge in [-0.05, 0) is 13.0 Å². The molecule has 1 fully saturated rings. The van der Waals surface area contributed by atoms with E-state index in [1.54, 1.807) is 6.92 Å². The van der Waals surface area contributed by atoms with Gasteiger partial charge in [0.2, 0.25) is 0 Å². The minimum atomic E-state index is -3.75. The van der Waals surface area contributed by atoms with Crippen molar-refractivity contribution in [3.05, 3.63) is 20.5 Å². The Hall–Kier alpha value is -0.740. The van der Waals surface area contributed by atoms with Crippen LogP contribution in [0.25, 0.3) is 0 Å². The van der Waals surface area contributed by atoms with Crippen molar-refractivity contribution in [3.8, 4) is 0 Å². The Morgan fingerprint density at radius 2 is 2.35 bits per heavy atom. The van der Waals surface area contributed by atoms with Crippen LogP contribution >= 0.6 is 22.9 Å². The fourth-order valence-electron chi connectivity index (χ4n) is 2.22. The molecule has 0 radical (unpaired) electrons. The summed E-state index contributed by atoms with van der Waals surface area (Å²) in [5.41, 5.74) is -0.365. The van der Waals surface area contributed by atoms with Gasteiger partial charge in [-0.25, -0.2) is 8.42 Å². The van der Waals surface area contributed by atoms with Crippen LogP contribution < -0.4 is 5.32 Å². The van der Waals surface area contributed by atoms with Crippen molar-refractivity contribution in [2.75, 3.05) is 19.6 Å². The molecule has 1 aromatic rings. The molecule has 1 saturated heterocycles. The van der Waals surface area contributed by atoms with E-state index in [1.807, 2.05) is 0 Å². The molecule has 7 nitrogen and oxygen atoms in total. The van der Waals surface area contributed by atoms with Gasteiger partial charge in [-0.15, -0.1) is 11.3 Å². The van der Waals surface area contributed by atoms with E-state index in [0.717, 1.165) is 30.4 Å². The molecule has 0 amide bonds. The molecule has 1 aliphatic rings. The number of hydrogen-bond acceptors (Lipinski definition) is 6. The van der Waals surface area contributed by atoms with Gasteiger partial charge in [0.1, 0.15) is 4.21 Å². The largest absolute Gasteiger partial charge is 0.315 e. The van der Waals surface area contributed by atoms with E-state index in [2.05, 4.69) is 5.32 Å². The highest BCUT2D eigenvalue weighted by atomic mass is 35.5. The Kier molecular flexibility index (Phi) is 4.65. The summed E-state index contributed by atoms with van der Waals surface area (Å²) in [5, 5.41) is 13.9. The Bertz CT molecular complexity index is 610. The number of nitrogens with one attached hydrogen (secondary N) is 1. The highest BCUT2D eigenvalue weighted by Gasteiger charge is 2.35. The molecule has 2 rings (SSSR count). The maximum atomic E-state index is 12.6. The molecular formula is C10H14ClN3O4S2. The summed E-state index contributed by atoms with van der Waals surface area (Å²) in [6, 6.07) is 0.915. The molecule has 20 heavy (non-hydrogen) atoms. The lowest BCUT2D eigenvalue weighted by atomic mass is 10.3. The molecule has 1 N–H and O–H groups in total. The molecule has 0 aliphatic carbocycles. The van der Waals surface area contributed by atoms with Crippen LogP contribution in [0.1, 0.15) is 13.3 Å². The second-order valence-electron chi connectivity index (χ2n) is 4.34. The summed E-state index contributed by atoms with van der Waals surface area (Å²) in [4.78, 5) is 10.1. The van der Waals surface area contributed by atoms with Gasteiger partial charge in [-0.1, -0.05) is 18.5 Å². The molecule has 0 spiro atoms. The second-order valence-corrected chi connectivity index (χ2v) is 8.11. The molecule has 112 valence electrons. The summed E-state index contributed by atoms with van der Waals surface area (Å²) in [6.45, 7) is 3.42. The number of hydrogen-bond donors (Lipinski definition) is 1. The average molecular weight is 340 g/mol. The molecule has 0 saturated carbocycles. The standard InChI is InChI=1S/C10H14ClN3O4S2/c1-2-13(7-3-4-12-6-7)20(17,18)9-5-8(14(15)16)10(11)19-9/h5,7,12H,2-4,6H2,1H3. The summed E-state index contributed by atoms with van der Waals surface area (Å²) < 4.78 is 26.3. The van der Waals surface area contributed by atoms with E-state index in [1.165, 1.54) is 4.31 Å². The summed E-state index contributed by atoms with van der Waals surface area (Å²) in [5.74, 6) is 0. The van der Waals surface area contributed by atoms with Crippen LogP contribution in [-0.2, 0) is 10.0 Å². The van der Waals surface area contributed by atoms with E-state index >= 15 is 0 Å². The predicted molar refractivity (Wildman–Crippen MR) is 76.8 cm³/mol. The number of nitrogens with zero attached hydrogens (tertiary/aromatic N) is 2. The number of halogens is 1. The number of rotatable bonds is 5. The van der Waals surface area contributed by atoms with E-state index in [9.17, 15) is 18.5 Å². The minimum Gasteiger partial charge on any atom is -0.315 e. The van der Waals surface area contributed by atoms with E-state index < -0.39 is 14.9 Å². The molecule has 2 heterocycles. The Morgan fingerprint density at radius 1 is 1.65 bits per heavy atom. The molecule has 0 bridgehead atoms. The van der Waals surface area contributed by atoms with Gasteiger partial charge in [0.05, 0.1) is 4.92 Å². The zero-order valence-corrected chi connectivity index (χ0v) is 13.1. The normalized spacial score (nSPS) is 19.6. The van der Waals surface area contributed by atoms with Crippen LogP contribution in [0.4, 0.5) is 5.69 Å². The SMILES string of the molecule is CCN(C1CCNC1)S(=O)(=O)c1cc([N+](=O)[O-])c(Cl)s1. The molecule has 1 aromatic heterocycles. The quantitative estimate of drug-likeness (QED) is 0.650. The van der Waals surface area contributed by atoms with Crippen molar-refractivity contribution in [2.45, 2.75) is 23.6 Å². The van der Waals surface area contributed by atoms with Crippen molar-refractivity contribution in [1.29, 1.82) is 0 Å². The van der Waals surface area contributed by atoms with Crippen LogP contribution in [0.3, 0.4) is 0 Å². The fraction of sp³-hybridized carbons (Fsp3) is 0.600. The highest BCUT2D eigenvalue weighted by Crippen LogP contribution is 2.38. The van der Waals surface area contributed by atoms with Crippen molar-refractivity contribution in [2.24, 2.45) is 0 Å². The Balaban J connectivity index is 2.37. The summed E-state index contributed by atoms with van der Waals surface area (Å²) in [6.07, 6.45) is 0.730. The van der Waals surface area contributed by atoms with Gasteiger partial charge in [0.25, 0.3) is 15.7 Å². The van der Waals surface area contributed by atoms with Gasteiger partial charge in [-0.2, -0.15) is 4.31 Å². The monoisotopic (exact) mass is 339 g/mol. The molecule has 1 aliphatic heterocycles. The van der Waals surface area contributed by atoms with Gasteiger partial charge in [0, 0.05) is 25.2 Å². The summed E-state index contributed by atoms with van der Waals surface area (Å²) >= 11 is 6.46. The lowest BCUT2D eigenvalue weighted by molar-refractivity contribution is -0.384. The van der Waals surface area contributed by atoms with E-state index in [4.69, 9.17) is 11.6 Å². The molecular weight excluding hydrogens is 326 g/mol. The minimum absolute atomic E-state index is 0.0806. The lowest BCUT2D eigenvalue weighted by Gasteiger charge is -2.25. The maximum Gasteiger partial charge on any atom is 0.300 e. The predicted octanol–water partition coefficient (Wildman–Crippen LogP) is 1.68. The molecule has 10 heteroatoms. The second kappa shape index (κ2) is 5.94. The van der Waals surface area contributed by atoms with E-state index in [0.29, 0.717) is 13.1 Å². The van der Waals surface area contributed by atoms with Gasteiger partial charge < -0.3 is 5.32 Å². The first-order valence-electron chi connectivity index (χ1n) is 6.04. The highest BCUT2D eigenvalue weighted by molar-refractivity contribution is 7.91. The van der Waals surface area contributed by atoms with Crippen molar-refractivity contribution in [3.63, 3.8) is 0 Å². The first-order valence-corrected chi connectivity index (χ1v) is 8.67. The zero-order valence-electron chi connectivity index (χ0n) is 10.7. The van der Waals surface area contributed by atoms with Crippen LogP contribution in [0.2, 0.25) is 4.34 Å². The van der Waals surface area contributed by atoms with Crippen LogP contribution in [0.5, 0.6) is 0 Å². The summed E-state index contributed by atoms with van der Waals surface area (Å²) in [7, 11) is -3.75. The van der Waals surface area contributed by atoms with Crippen molar-refractivity contribution >= 4 is 38.6 Å². The number of nitro groups is 1. The molecule has 1 unspecified atom stereocenters. The number of sulfonamides is 1. The number of thiophene rings is 1. The Morgan fingerprint density at radius 3 is 2.80 bits per heavy atom. The molecule has 0 aromatic carbocycles.